The van der Waals surface area contributed by atoms with E-state index in [0.29, 0.717) is 16.2 Å². The first-order valence-corrected chi connectivity index (χ1v) is 7.13. The molecule has 1 atom stereocenters. The lowest BCUT2D eigenvalue weighted by Gasteiger charge is -2.03. The van der Waals surface area contributed by atoms with E-state index in [1.54, 1.807) is 30.3 Å². The number of rotatable bonds is 4. The number of nitrogens with zero attached hydrogens (tertiary/aromatic N) is 1. The molecule has 0 aliphatic rings. The summed E-state index contributed by atoms with van der Waals surface area (Å²) in [5.41, 5.74) is 1.50. The van der Waals surface area contributed by atoms with Gasteiger partial charge in [-0.3, -0.25) is 4.21 Å². The molecule has 2 aromatic carbocycles. The molecule has 20 heavy (non-hydrogen) atoms. The molecule has 0 bridgehead atoms. The Morgan fingerprint density at radius 1 is 1.20 bits per heavy atom. The normalized spacial score (nSPS) is 11.6. The molecule has 0 spiro atoms. The molecule has 0 radical (unpaired) electrons. The standard InChI is InChI=1S/C15H11NO3S/c16-9-11-2-1-3-12(8-11)10-20(19)14-6-4-13(5-7-14)15(17)18/h1-8H,10H2,(H,17,18). The smallest absolute Gasteiger partial charge is 0.335 e. The fourth-order valence-electron chi connectivity index (χ4n) is 1.71. The number of carbonyl (C=O) groups is 1. The Kier molecular flexibility index (Phi) is 4.28. The lowest BCUT2D eigenvalue weighted by molar-refractivity contribution is 0.0697. The predicted molar refractivity (Wildman–Crippen MR) is 74.7 cm³/mol. The number of benzene rings is 2. The van der Waals surface area contributed by atoms with E-state index >= 15 is 0 Å². The van der Waals surface area contributed by atoms with Crippen LogP contribution < -0.4 is 0 Å². The second kappa shape index (κ2) is 6.13. The van der Waals surface area contributed by atoms with Crippen molar-refractivity contribution in [3.63, 3.8) is 0 Å². The van der Waals surface area contributed by atoms with Gasteiger partial charge in [0.05, 0.1) is 33.7 Å². The van der Waals surface area contributed by atoms with Crippen molar-refractivity contribution in [2.24, 2.45) is 0 Å². The van der Waals surface area contributed by atoms with E-state index in [1.165, 1.54) is 12.1 Å². The predicted octanol–water partition coefficient (Wildman–Crippen LogP) is 2.56. The average molecular weight is 285 g/mol. The van der Waals surface area contributed by atoms with Gasteiger partial charge in [0, 0.05) is 4.90 Å². The maximum absolute atomic E-state index is 12.2. The molecule has 0 amide bonds. The van der Waals surface area contributed by atoms with E-state index in [0.717, 1.165) is 5.56 Å². The van der Waals surface area contributed by atoms with Gasteiger partial charge in [-0.05, 0) is 42.0 Å². The molecule has 4 nitrogen and oxygen atoms in total. The highest BCUT2D eigenvalue weighted by molar-refractivity contribution is 7.84. The summed E-state index contributed by atoms with van der Waals surface area (Å²) in [7, 11) is -1.27. The molecule has 0 heterocycles. The Morgan fingerprint density at radius 3 is 2.50 bits per heavy atom. The molecule has 0 aliphatic heterocycles. The third kappa shape index (κ3) is 3.31. The summed E-state index contributed by atoms with van der Waals surface area (Å²) >= 11 is 0. The molecule has 2 rings (SSSR count). The second-order valence-corrected chi connectivity index (χ2v) is 5.58. The Bertz CT molecular complexity index is 702. The molecule has 0 fully saturated rings. The largest absolute Gasteiger partial charge is 0.478 e. The molecule has 1 N–H and O–H groups in total. The fraction of sp³-hybridized carbons (Fsp3) is 0.0667. The zero-order chi connectivity index (χ0) is 14.5. The Labute approximate surface area is 118 Å². The van der Waals surface area contributed by atoms with Crippen molar-refractivity contribution in [2.75, 3.05) is 0 Å². The van der Waals surface area contributed by atoms with Crippen molar-refractivity contribution in [2.45, 2.75) is 10.6 Å². The SMILES string of the molecule is N#Cc1cccc(CS(=O)c2ccc(C(=O)O)cc2)c1. The van der Waals surface area contributed by atoms with Crippen LogP contribution in [0.2, 0.25) is 0 Å². The van der Waals surface area contributed by atoms with Crippen molar-refractivity contribution in [3.05, 3.63) is 65.2 Å². The number of carboxylic acids is 1. The summed E-state index contributed by atoms with van der Waals surface area (Å²) in [4.78, 5) is 11.3. The van der Waals surface area contributed by atoms with Crippen LogP contribution in [0.1, 0.15) is 21.5 Å². The third-order valence-corrected chi connectivity index (χ3v) is 4.11. The third-order valence-electron chi connectivity index (χ3n) is 2.72. The number of aromatic carboxylic acids is 1. The highest BCUT2D eigenvalue weighted by Gasteiger charge is 2.08. The molecular formula is C15H11NO3S. The minimum absolute atomic E-state index is 0.164. The van der Waals surface area contributed by atoms with Crippen molar-refractivity contribution in [1.82, 2.24) is 0 Å². The minimum Gasteiger partial charge on any atom is -0.478 e. The van der Waals surface area contributed by atoms with E-state index in [1.807, 2.05) is 12.1 Å². The molecule has 0 saturated heterocycles. The topological polar surface area (TPSA) is 78.2 Å². The van der Waals surface area contributed by atoms with Crippen LogP contribution in [0, 0.1) is 11.3 Å². The van der Waals surface area contributed by atoms with Gasteiger partial charge in [0.1, 0.15) is 0 Å². The molecule has 1 unspecified atom stereocenters. The first kappa shape index (κ1) is 14.0. The minimum atomic E-state index is -1.27. The Balaban J connectivity index is 2.15. The Morgan fingerprint density at radius 2 is 1.90 bits per heavy atom. The molecule has 100 valence electrons. The lowest BCUT2D eigenvalue weighted by atomic mass is 10.2. The van der Waals surface area contributed by atoms with Crippen molar-refractivity contribution < 1.29 is 14.1 Å². The van der Waals surface area contributed by atoms with Crippen LogP contribution in [-0.4, -0.2) is 15.3 Å². The number of hydrogen-bond donors (Lipinski definition) is 1. The van der Waals surface area contributed by atoms with Gasteiger partial charge in [-0.1, -0.05) is 12.1 Å². The van der Waals surface area contributed by atoms with Crippen LogP contribution in [0.25, 0.3) is 0 Å². The van der Waals surface area contributed by atoms with Gasteiger partial charge in [0.15, 0.2) is 0 Å². The van der Waals surface area contributed by atoms with Crippen LogP contribution in [0.3, 0.4) is 0 Å². The quantitative estimate of drug-likeness (QED) is 0.936. The van der Waals surface area contributed by atoms with Gasteiger partial charge in [-0.25, -0.2) is 4.79 Å². The van der Waals surface area contributed by atoms with E-state index in [4.69, 9.17) is 10.4 Å². The highest BCUT2D eigenvalue weighted by atomic mass is 32.2. The summed E-state index contributed by atoms with van der Waals surface area (Å²) in [5.74, 6) is -0.717. The summed E-state index contributed by atoms with van der Waals surface area (Å²) in [6, 6.07) is 14.9. The fourth-order valence-corrected chi connectivity index (χ4v) is 2.80. The van der Waals surface area contributed by atoms with E-state index in [2.05, 4.69) is 0 Å². The molecule has 0 saturated carbocycles. The van der Waals surface area contributed by atoms with Crippen molar-refractivity contribution in [1.29, 1.82) is 5.26 Å². The van der Waals surface area contributed by atoms with Crippen LogP contribution in [0.15, 0.2) is 53.4 Å². The van der Waals surface area contributed by atoms with Crippen LogP contribution in [-0.2, 0) is 16.6 Å². The average Bonchev–Trinajstić information content (AvgIpc) is 2.47. The van der Waals surface area contributed by atoms with Gasteiger partial charge in [-0.15, -0.1) is 0 Å². The molecule has 0 aromatic heterocycles. The first-order chi connectivity index (χ1) is 9.60. The van der Waals surface area contributed by atoms with E-state index < -0.39 is 16.8 Å². The maximum atomic E-state index is 12.2. The maximum Gasteiger partial charge on any atom is 0.335 e. The van der Waals surface area contributed by atoms with E-state index in [-0.39, 0.29) is 5.56 Å². The van der Waals surface area contributed by atoms with Crippen LogP contribution >= 0.6 is 0 Å². The van der Waals surface area contributed by atoms with Gasteiger partial charge in [0.25, 0.3) is 0 Å². The van der Waals surface area contributed by atoms with Crippen LogP contribution in [0.5, 0.6) is 0 Å². The van der Waals surface area contributed by atoms with Crippen LogP contribution in [0.4, 0.5) is 0 Å². The number of hydrogen-bond acceptors (Lipinski definition) is 3. The van der Waals surface area contributed by atoms with Gasteiger partial charge in [-0.2, -0.15) is 5.26 Å². The van der Waals surface area contributed by atoms with Crippen molar-refractivity contribution >= 4 is 16.8 Å². The van der Waals surface area contributed by atoms with Gasteiger partial charge in [0.2, 0.25) is 0 Å². The number of carboxylic acid groups (broad SMARTS) is 1. The molecule has 5 heteroatoms. The first-order valence-electron chi connectivity index (χ1n) is 5.81. The lowest BCUT2D eigenvalue weighted by Crippen LogP contribution is -1.99. The van der Waals surface area contributed by atoms with E-state index in [9.17, 15) is 9.00 Å². The summed E-state index contributed by atoms with van der Waals surface area (Å²) in [5, 5.41) is 17.6. The second-order valence-electron chi connectivity index (χ2n) is 4.13. The highest BCUT2D eigenvalue weighted by Crippen LogP contribution is 2.14. The summed E-state index contributed by atoms with van der Waals surface area (Å²) in [6.45, 7) is 0. The molecule has 2 aromatic rings. The zero-order valence-electron chi connectivity index (χ0n) is 10.4. The Hall–Kier alpha value is -2.45. The summed E-state index contributed by atoms with van der Waals surface area (Å²) in [6.07, 6.45) is 0. The van der Waals surface area contributed by atoms with Gasteiger partial charge < -0.3 is 5.11 Å². The molecular weight excluding hydrogens is 274 g/mol. The van der Waals surface area contributed by atoms with Gasteiger partial charge >= 0.3 is 5.97 Å². The zero-order valence-corrected chi connectivity index (χ0v) is 11.3. The monoisotopic (exact) mass is 285 g/mol. The van der Waals surface area contributed by atoms with Crippen molar-refractivity contribution in [3.8, 4) is 6.07 Å². The number of nitriles is 1. The summed E-state index contributed by atoms with van der Waals surface area (Å²) < 4.78 is 12.2. The molecule has 0 aliphatic carbocycles.